The Labute approximate surface area is 177 Å². The van der Waals surface area contributed by atoms with Crippen LogP contribution in [-0.4, -0.2) is 43.7 Å². The van der Waals surface area contributed by atoms with Crippen LogP contribution in [0.2, 0.25) is 0 Å². The number of rotatable bonds is 1. The predicted octanol–water partition coefficient (Wildman–Crippen LogP) is 3.39. The van der Waals surface area contributed by atoms with E-state index in [1.54, 1.807) is 0 Å². The van der Waals surface area contributed by atoms with Crippen LogP contribution in [0.5, 0.6) is 0 Å². The zero-order valence-electron chi connectivity index (χ0n) is 18.0. The van der Waals surface area contributed by atoms with Crippen molar-refractivity contribution in [2.75, 3.05) is 20.2 Å². The van der Waals surface area contributed by atoms with Crippen LogP contribution in [0, 0.1) is 34.5 Å². The molecule has 3 saturated carbocycles. The number of ether oxygens (including phenoxy) is 4. The lowest BCUT2D eigenvalue weighted by Crippen LogP contribution is -2.61. The molecule has 4 aliphatic carbocycles. The summed E-state index contributed by atoms with van der Waals surface area (Å²) in [5, 5.41) is 0. The monoisotopic (exact) mass is 416 g/mol. The molecule has 2 heterocycles. The van der Waals surface area contributed by atoms with E-state index in [1.807, 2.05) is 6.08 Å². The van der Waals surface area contributed by atoms with Crippen molar-refractivity contribution in [2.24, 2.45) is 34.5 Å². The largest absolute Gasteiger partial charge is 0.350 e. The maximum absolute atomic E-state index is 13.8. The molecular formula is C24H32O6. The van der Waals surface area contributed by atoms with Gasteiger partial charge in [-0.15, -0.1) is 0 Å². The first-order valence-electron chi connectivity index (χ1n) is 11.6. The fourth-order valence-electron chi connectivity index (χ4n) is 8.38. The quantitative estimate of drug-likeness (QED) is 0.653. The van der Waals surface area contributed by atoms with Crippen LogP contribution in [0.15, 0.2) is 11.6 Å². The van der Waals surface area contributed by atoms with Crippen molar-refractivity contribution in [2.45, 2.75) is 70.7 Å². The van der Waals surface area contributed by atoms with Gasteiger partial charge in [0.2, 0.25) is 5.79 Å². The minimum absolute atomic E-state index is 0.0460. The molecule has 0 radical (unpaired) electrons. The van der Waals surface area contributed by atoms with E-state index >= 15 is 0 Å². The molecule has 164 valence electrons. The second-order valence-corrected chi connectivity index (χ2v) is 11.0. The van der Waals surface area contributed by atoms with Gasteiger partial charge < -0.3 is 18.9 Å². The molecule has 0 N–H and O–H groups in total. The molecule has 5 fully saturated rings. The third-order valence-electron chi connectivity index (χ3n) is 9.68. The summed E-state index contributed by atoms with van der Waals surface area (Å²) in [6.45, 7) is 5.18. The van der Waals surface area contributed by atoms with Crippen molar-refractivity contribution >= 4 is 11.6 Å². The fraction of sp³-hybridized carbons (Fsp3) is 0.833. The SMILES string of the molecule is C[C@@]12CCC[C@H]1[C@@H]1CCC3=CC(=O)CC(C4OCOC45COCO5)[C@]3(C)[C@H]1C(=O)C2. The minimum atomic E-state index is -0.955. The topological polar surface area (TPSA) is 71.1 Å². The molecule has 0 aromatic carbocycles. The summed E-state index contributed by atoms with van der Waals surface area (Å²) in [5.74, 6) is 0.387. The molecule has 8 atom stereocenters. The van der Waals surface area contributed by atoms with Gasteiger partial charge in [-0.25, -0.2) is 0 Å². The van der Waals surface area contributed by atoms with Crippen molar-refractivity contribution in [1.29, 1.82) is 0 Å². The van der Waals surface area contributed by atoms with Crippen LogP contribution in [0.25, 0.3) is 0 Å². The summed E-state index contributed by atoms with van der Waals surface area (Å²) in [7, 11) is 0. The van der Waals surface area contributed by atoms with Gasteiger partial charge in [0.15, 0.2) is 19.4 Å². The van der Waals surface area contributed by atoms with Crippen LogP contribution >= 0.6 is 0 Å². The second kappa shape index (κ2) is 6.47. The number of carbonyl (C=O) groups is 2. The van der Waals surface area contributed by atoms with E-state index in [4.69, 9.17) is 18.9 Å². The van der Waals surface area contributed by atoms with Gasteiger partial charge in [0.1, 0.15) is 18.5 Å². The van der Waals surface area contributed by atoms with E-state index in [0.29, 0.717) is 37.1 Å². The molecule has 0 aromatic heterocycles. The summed E-state index contributed by atoms with van der Waals surface area (Å²) in [6.07, 6.45) is 8.04. The highest BCUT2D eigenvalue weighted by Crippen LogP contribution is 2.66. The molecule has 0 aromatic rings. The second-order valence-electron chi connectivity index (χ2n) is 11.0. The Bertz CT molecular complexity index is 807. The predicted molar refractivity (Wildman–Crippen MR) is 106 cm³/mol. The zero-order chi connectivity index (χ0) is 20.7. The number of Topliss-reactive ketones (excluding diaryl/α,β-unsaturated/α-hetero) is 1. The summed E-state index contributed by atoms with van der Waals surface area (Å²) >= 11 is 0. The van der Waals surface area contributed by atoms with Crippen molar-refractivity contribution in [3.05, 3.63) is 11.6 Å². The number of fused-ring (bicyclic) bond motifs is 5. The Morgan fingerprint density at radius 2 is 1.90 bits per heavy atom. The Balaban J connectivity index is 1.44. The summed E-state index contributed by atoms with van der Waals surface area (Å²) < 4.78 is 23.4. The average Bonchev–Trinajstić information content (AvgIpc) is 3.42. The van der Waals surface area contributed by atoms with Gasteiger partial charge in [-0.2, -0.15) is 0 Å². The van der Waals surface area contributed by atoms with E-state index in [2.05, 4.69) is 13.8 Å². The van der Waals surface area contributed by atoms with Gasteiger partial charge >= 0.3 is 0 Å². The highest BCUT2D eigenvalue weighted by molar-refractivity contribution is 5.93. The first kappa shape index (κ1) is 19.6. The summed E-state index contributed by atoms with van der Waals surface area (Å²) in [6, 6.07) is 0. The van der Waals surface area contributed by atoms with Crippen molar-refractivity contribution < 1.29 is 28.5 Å². The lowest BCUT2D eigenvalue weighted by atomic mass is 9.44. The number of ketones is 2. The van der Waals surface area contributed by atoms with Gasteiger partial charge in [-0.1, -0.05) is 25.8 Å². The number of allylic oxidation sites excluding steroid dienone is 1. The van der Waals surface area contributed by atoms with E-state index in [1.165, 1.54) is 19.3 Å². The summed E-state index contributed by atoms with van der Waals surface area (Å²) in [5.41, 5.74) is 0.908. The first-order chi connectivity index (χ1) is 14.4. The lowest BCUT2D eigenvalue weighted by Gasteiger charge is -2.59. The molecule has 0 amide bonds. The minimum Gasteiger partial charge on any atom is -0.350 e. The van der Waals surface area contributed by atoms with Gasteiger partial charge in [0.05, 0.1) is 0 Å². The van der Waals surface area contributed by atoms with Crippen molar-refractivity contribution in [3.8, 4) is 0 Å². The zero-order valence-corrected chi connectivity index (χ0v) is 18.0. The average molecular weight is 417 g/mol. The Morgan fingerprint density at radius 1 is 1.07 bits per heavy atom. The van der Waals surface area contributed by atoms with Crippen LogP contribution in [0.4, 0.5) is 0 Å². The van der Waals surface area contributed by atoms with E-state index in [-0.39, 0.29) is 36.6 Å². The molecule has 0 bridgehead atoms. The molecule has 1 spiro atoms. The molecule has 6 rings (SSSR count). The first-order valence-corrected chi connectivity index (χ1v) is 11.6. The molecule has 6 nitrogen and oxygen atoms in total. The third kappa shape index (κ3) is 2.45. The fourth-order valence-corrected chi connectivity index (χ4v) is 8.38. The lowest BCUT2D eigenvalue weighted by molar-refractivity contribution is -0.200. The number of hydrogen-bond acceptors (Lipinski definition) is 6. The maximum atomic E-state index is 13.8. The van der Waals surface area contributed by atoms with Crippen LogP contribution in [0.3, 0.4) is 0 Å². The normalized spacial score (nSPS) is 52.9. The Morgan fingerprint density at radius 3 is 2.70 bits per heavy atom. The Hall–Kier alpha value is -1.08. The van der Waals surface area contributed by atoms with Crippen LogP contribution in [-0.2, 0) is 28.5 Å². The molecular weight excluding hydrogens is 384 g/mol. The third-order valence-corrected chi connectivity index (χ3v) is 9.68. The molecule has 30 heavy (non-hydrogen) atoms. The Kier molecular flexibility index (Phi) is 4.23. The van der Waals surface area contributed by atoms with E-state index in [9.17, 15) is 9.59 Å². The van der Waals surface area contributed by atoms with Crippen LogP contribution < -0.4 is 0 Å². The number of carbonyl (C=O) groups excluding carboxylic acids is 2. The molecule has 3 unspecified atom stereocenters. The summed E-state index contributed by atoms with van der Waals surface area (Å²) in [4.78, 5) is 26.5. The molecule has 2 saturated heterocycles. The highest BCUT2D eigenvalue weighted by Gasteiger charge is 2.66. The molecule has 6 heteroatoms. The van der Waals surface area contributed by atoms with Crippen molar-refractivity contribution in [1.82, 2.24) is 0 Å². The van der Waals surface area contributed by atoms with Gasteiger partial charge in [-0.05, 0) is 49.0 Å². The maximum Gasteiger partial charge on any atom is 0.223 e. The van der Waals surface area contributed by atoms with Crippen molar-refractivity contribution in [3.63, 3.8) is 0 Å². The van der Waals surface area contributed by atoms with E-state index in [0.717, 1.165) is 18.4 Å². The smallest absolute Gasteiger partial charge is 0.223 e. The standard InChI is InChI=1S/C24H32O6/c1-22-7-3-4-17(22)16-6-5-14-8-15(25)9-18(23(14,2)20(16)19(26)10-22)21-24(30-13-28-21)11-27-12-29-24/h8,16-18,20-21H,3-7,9-13H2,1-2H3/t16-,17-,18?,20+,21?,22-,23+,24?/m0/s1. The number of hydrogen-bond donors (Lipinski definition) is 0. The highest BCUT2D eigenvalue weighted by atomic mass is 16.9. The van der Waals surface area contributed by atoms with Gasteiger partial charge in [0.25, 0.3) is 0 Å². The van der Waals surface area contributed by atoms with Gasteiger partial charge in [0, 0.05) is 30.1 Å². The van der Waals surface area contributed by atoms with Gasteiger partial charge in [-0.3, -0.25) is 9.59 Å². The van der Waals surface area contributed by atoms with E-state index < -0.39 is 17.3 Å². The molecule has 6 aliphatic rings. The van der Waals surface area contributed by atoms with Crippen LogP contribution in [0.1, 0.15) is 58.8 Å². The molecule has 2 aliphatic heterocycles.